The van der Waals surface area contributed by atoms with E-state index in [1.54, 1.807) is 13.2 Å². The van der Waals surface area contributed by atoms with Gasteiger partial charge in [-0.15, -0.1) is 0 Å². The SMILES string of the molecule is CO[C@]12CC(O)[C@@]3(C[C@@H]1[C@H](C)O)[C@H]1Cc4ccc(O)c5c4[C@@]3(CCN1C)[C@H]2O5. The van der Waals surface area contributed by atoms with Crippen molar-refractivity contribution in [2.75, 3.05) is 20.7 Å². The Labute approximate surface area is 165 Å². The van der Waals surface area contributed by atoms with Crippen molar-refractivity contribution in [3.63, 3.8) is 0 Å². The molecule has 3 saturated carbocycles. The molecular formula is C22H29NO5. The van der Waals surface area contributed by atoms with Crippen LogP contribution in [0.4, 0.5) is 0 Å². The third kappa shape index (κ3) is 1.51. The lowest BCUT2D eigenvalue weighted by atomic mass is 9.33. The van der Waals surface area contributed by atoms with Crippen LogP contribution in [0.5, 0.6) is 11.5 Å². The van der Waals surface area contributed by atoms with Gasteiger partial charge in [0.05, 0.1) is 17.6 Å². The number of piperidine rings is 1. The number of likely N-dealkylation sites (N-methyl/N-ethyl adjacent to an activating group) is 1. The van der Waals surface area contributed by atoms with Crippen LogP contribution in [0.3, 0.4) is 0 Å². The molecule has 0 aromatic heterocycles. The molecule has 4 fully saturated rings. The summed E-state index contributed by atoms with van der Waals surface area (Å²) in [7, 11) is 3.83. The first-order valence-corrected chi connectivity index (χ1v) is 10.5. The molecule has 2 spiro atoms. The van der Waals surface area contributed by atoms with E-state index in [4.69, 9.17) is 9.47 Å². The lowest BCUT2D eigenvalue weighted by Crippen LogP contribution is -2.85. The fraction of sp³-hybridized carbons (Fsp3) is 0.727. The first-order valence-electron chi connectivity index (χ1n) is 10.5. The predicted octanol–water partition coefficient (Wildman–Crippen LogP) is 1.19. The Morgan fingerprint density at radius 2 is 2.11 bits per heavy atom. The minimum Gasteiger partial charge on any atom is -0.504 e. The number of nitrogens with zero attached hydrogens (tertiary/aromatic N) is 1. The molecule has 2 aliphatic heterocycles. The van der Waals surface area contributed by atoms with Gasteiger partial charge >= 0.3 is 0 Å². The highest BCUT2D eigenvalue weighted by molar-refractivity contribution is 5.63. The van der Waals surface area contributed by atoms with Crippen LogP contribution in [-0.4, -0.2) is 70.9 Å². The minimum atomic E-state index is -0.768. The lowest BCUT2D eigenvalue weighted by Gasteiger charge is -2.75. The van der Waals surface area contributed by atoms with Crippen molar-refractivity contribution >= 4 is 0 Å². The van der Waals surface area contributed by atoms with Crippen LogP contribution in [0.1, 0.15) is 37.3 Å². The fourth-order valence-corrected chi connectivity index (χ4v) is 8.34. The maximum Gasteiger partial charge on any atom is 0.165 e. The number of rotatable bonds is 2. The first kappa shape index (κ1) is 17.5. The van der Waals surface area contributed by atoms with E-state index in [1.165, 1.54) is 5.56 Å². The smallest absolute Gasteiger partial charge is 0.165 e. The van der Waals surface area contributed by atoms with Crippen molar-refractivity contribution in [2.45, 2.75) is 68.0 Å². The molecule has 1 saturated heterocycles. The summed E-state index contributed by atoms with van der Waals surface area (Å²) in [4.78, 5) is 2.39. The van der Waals surface area contributed by atoms with Gasteiger partial charge in [0.1, 0.15) is 11.7 Å². The molecule has 1 unspecified atom stereocenters. The minimum absolute atomic E-state index is 0.119. The number of likely N-dealkylation sites (tertiary alicyclic amines) is 1. The Morgan fingerprint density at radius 1 is 1.32 bits per heavy atom. The van der Waals surface area contributed by atoms with Crippen LogP contribution in [0.25, 0.3) is 0 Å². The van der Waals surface area contributed by atoms with Crippen molar-refractivity contribution in [1.82, 2.24) is 4.90 Å². The number of ether oxygens (including phenoxy) is 2. The summed E-state index contributed by atoms with van der Waals surface area (Å²) >= 11 is 0. The summed E-state index contributed by atoms with van der Waals surface area (Å²) < 4.78 is 12.8. The number of methoxy groups -OCH3 is 1. The predicted molar refractivity (Wildman–Crippen MR) is 102 cm³/mol. The number of fused-ring (bicyclic) bond motifs is 2. The van der Waals surface area contributed by atoms with E-state index in [0.29, 0.717) is 18.6 Å². The van der Waals surface area contributed by atoms with Crippen molar-refractivity contribution in [3.8, 4) is 11.5 Å². The maximum absolute atomic E-state index is 11.6. The number of aromatic hydroxyl groups is 1. The monoisotopic (exact) mass is 387 g/mol. The highest BCUT2D eigenvalue weighted by Crippen LogP contribution is 2.76. The molecule has 0 radical (unpaired) electrons. The fourth-order valence-electron chi connectivity index (χ4n) is 8.34. The zero-order valence-corrected chi connectivity index (χ0v) is 16.7. The van der Waals surface area contributed by atoms with E-state index in [9.17, 15) is 15.3 Å². The quantitative estimate of drug-likeness (QED) is 0.707. The molecule has 0 amide bonds. The van der Waals surface area contributed by atoms with Gasteiger partial charge in [0.2, 0.25) is 0 Å². The molecule has 7 rings (SSSR count). The summed E-state index contributed by atoms with van der Waals surface area (Å²) in [6.07, 6.45) is 1.47. The molecule has 6 heteroatoms. The molecule has 6 nitrogen and oxygen atoms in total. The molecule has 8 atom stereocenters. The van der Waals surface area contributed by atoms with Gasteiger partial charge in [-0.25, -0.2) is 0 Å². The number of phenols is 1. The second kappa shape index (κ2) is 5.04. The van der Waals surface area contributed by atoms with Crippen molar-refractivity contribution in [2.24, 2.45) is 11.3 Å². The van der Waals surface area contributed by atoms with E-state index in [2.05, 4.69) is 11.9 Å². The van der Waals surface area contributed by atoms with E-state index in [1.807, 2.05) is 13.0 Å². The zero-order chi connectivity index (χ0) is 19.6. The highest BCUT2D eigenvalue weighted by Gasteiger charge is 2.83. The highest BCUT2D eigenvalue weighted by atomic mass is 16.6. The normalized spacial score (nSPS) is 48.9. The third-order valence-corrected chi connectivity index (χ3v) is 9.28. The van der Waals surface area contributed by atoms with Gasteiger partial charge in [-0.05, 0) is 51.4 Å². The van der Waals surface area contributed by atoms with Crippen LogP contribution >= 0.6 is 0 Å². The topological polar surface area (TPSA) is 82.4 Å². The Bertz CT molecular complexity index is 873. The van der Waals surface area contributed by atoms with E-state index >= 15 is 0 Å². The first-order chi connectivity index (χ1) is 13.3. The van der Waals surface area contributed by atoms with E-state index < -0.39 is 23.2 Å². The van der Waals surface area contributed by atoms with Gasteiger partial charge in [-0.2, -0.15) is 0 Å². The Morgan fingerprint density at radius 3 is 2.82 bits per heavy atom. The Balaban J connectivity index is 1.72. The molecule has 4 bridgehead atoms. The average Bonchev–Trinajstić information content (AvgIpc) is 3.03. The summed E-state index contributed by atoms with van der Waals surface area (Å²) in [5.74, 6) is 0.631. The molecule has 2 heterocycles. The van der Waals surface area contributed by atoms with Gasteiger partial charge in [-0.3, -0.25) is 0 Å². The van der Waals surface area contributed by atoms with E-state index in [0.717, 1.165) is 24.9 Å². The maximum atomic E-state index is 11.6. The van der Waals surface area contributed by atoms with Crippen molar-refractivity contribution in [3.05, 3.63) is 23.3 Å². The molecule has 3 N–H and O–H groups in total. The summed E-state index contributed by atoms with van der Waals surface area (Å²) in [6, 6.07) is 3.95. The number of aliphatic hydroxyl groups is 2. The summed E-state index contributed by atoms with van der Waals surface area (Å²) in [5.41, 5.74) is 0.766. The zero-order valence-electron chi connectivity index (χ0n) is 16.7. The number of hydrogen-bond acceptors (Lipinski definition) is 6. The second-order valence-electron chi connectivity index (χ2n) is 9.84. The lowest BCUT2D eigenvalue weighted by molar-refractivity contribution is -0.320. The summed E-state index contributed by atoms with van der Waals surface area (Å²) in [5, 5.41) is 33.0. The van der Waals surface area contributed by atoms with Crippen LogP contribution in [-0.2, 0) is 16.6 Å². The Kier molecular flexibility index (Phi) is 3.15. The number of aliphatic hydroxyl groups excluding tert-OH is 2. The molecule has 6 aliphatic rings. The van der Waals surface area contributed by atoms with Crippen LogP contribution in [0, 0.1) is 11.3 Å². The number of hydrogen-bond donors (Lipinski definition) is 3. The van der Waals surface area contributed by atoms with E-state index in [-0.39, 0.29) is 29.2 Å². The van der Waals surface area contributed by atoms with Crippen molar-refractivity contribution in [1.29, 1.82) is 0 Å². The van der Waals surface area contributed by atoms with Crippen LogP contribution in [0.2, 0.25) is 0 Å². The molecule has 4 aliphatic carbocycles. The van der Waals surface area contributed by atoms with Gasteiger partial charge in [0, 0.05) is 36.5 Å². The molecule has 152 valence electrons. The second-order valence-corrected chi connectivity index (χ2v) is 9.84. The molecular weight excluding hydrogens is 358 g/mol. The third-order valence-electron chi connectivity index (χ3n) is 9.28. The average molecular weight is 387 g/mol. The number of phenolic OH excluding ortho intramolecular Hbond substituents is 1. The van der Waals surface area contributed by atoms with Crippen LogP contribution in [0.15, 0.2) is 12.1 Å². The summed E-state index contributed by atoms with van der Waals surface area (Å²) in [6.45, 7) is 2.75. The molecule has 28 heavy (non-hydrogen) atoms. The van der Waals surface area contributed by atoms with Gasteiger partial charge < -0.3 is 29.7 Å². The van der Waals surface area contributed by atoms with Gasteiger partial charge in [0.15, 0.2) is 11.5 Å². The van der Waals surface area contributed by atoms with Gasteiger partial charge in [0.25, 0.3) is 0 Å². The standard InChI is InChI=1S/C22H29NO5/c1-11(24)13-9-21-15-8-12-4-5-14(25)18-17(12)20(21,6-7-23(15)2)19(28-18)22(13,27-3)10-16(21)26/h4-5,11,13,15-16,19,24-26H,6-10H2,1-3H3/t11-,13+,15+,16?,19+,20-,21+,22+/m0/s1. The molecule has 1 aromatic carbocycles. The van der Waals surface area contributed by atoms with Crippen molar-refractivity contribution < 1.29 is 24.8 Å². The molecule has 1 aromatic rings. The van der Waals surface area contributed by atoms with Gasteiger partial charge in [-0.1, -0.05) is 6.07 Å². The Hall–Kier alpha value is -1.34. The largest absolute Gasteiger partial charge is 0.504 e. The van der Waals surface area contributed by atoms with Crippen LogP contribution < -0.4 is 4.74 Å². The number of benzene rings is 1.